The molecule has 0 bridgehead atoms. The average Bonchev–Trinajstić information content (AvgIpc) is 2.65. The van der Waals surface area contributed by atoms with Crippen LogP contribution in [0.4, 0.5) is 0 Å². The molecule has 1 amide bonds. The van der Waals surface area contributed by atoms with Gasteiger partial charge in [-0.3, -0.25) is 4.79 Å². The number of carbonyl (C=O) groups is 2. The van der Waals surface area contributed by atoms with Gasteiger partial charge in [-0.2, -0.15) is 0 Å². The highest BCUT2D eigenvalue weighted by Gasteiger charge is 2.49. The Balaban J connectivity index is 2.30. The number of benzene rings is 1. The first kappa shape index (κ1) is 19.5. The Bertz CT molecular complexity index is 713. The first-order valence-electron chi connectivity index (χ1n) is 8.68. The fourth-order valence-corrected chi connectivity index (χ4v) is 3.37. The van der Waals surface area contributed by atoms with Gasteiger partial charge in [0.2, 0.25) is 5.91 Å². The molecule has 0 N–H and O–H groups in total. The van der Waals surface area contributed by atoms with Crippen LogP contribution >= 0.6 is 0 Å². The summed E-state index contributed by atoms with van der Waals surface area (Å²) in [6.45, 7) is 3.80. The molecule has 2 atom stereocenters. The number of ether oxygens (including phenoxy) is 1. The van der Waals surface area contributed by atoms with Crippen LogP contribution in [0.5, 0.6) is 0 Å². The molecule has 0 radical (unpaired) electrons. The normalized spacial score (nSPS) is 22.7. The first-order valence-corrected chi connectivity index (χ1v) is 8.68. The summed E-state index contributed by atoms with van der Waals surface area (Å²) in [5.41, 5.74) is 8.50. The van der Waals surface area contributed by atoms with Crippen molar-refractivity contribution >= 4 is 11.9 Å². The van der Waals surface area contributed by atoms with Gasteiger partial charge in [-0.15, -0.1) is 0 Å². The molecule has 0 spiro atoms. The third kappa shape index (κ3) is 4.43. The molecule has 1 fully saturated rings. The van der Waals surface area contributed by atoms with Gasteiger partial charge in [0.15, 0.2) is 0 Å². The van der Waals surface area contributed by atoms with Gasteiger partial charge in [-0.05, 0) is 37.3 Å². The van der Waals surface area contributed by atoms with Crippen LogP contribution in [0.15, 0.2) is 47.6 Å². The second-order valence-electron chi connectivity index (χ2n) is 6.39. The lowest BCUT2D eigenvalue weighted by molar-refractivity contribution is -0.168. The van der Waals surface area contributed by atoms with E-state index in [4.69, 9.17) is 10.3 Å². The highest BCUT2D eigenvalue weighted by molar-refractivity contribution is 5.88. The van der Waals surface area contributed by atoms with E-state index in [0.717, 1.165) is 5.56 Å². The number of esters is 1. The molecule has 7 heteroatoms. The second kappa shape index (κ2) is 9.06. The van der Waals surface area contributed by atoms with Gasteiger partial charge in [-0.25, -0.2) is 4.79 Å². The molecule has 1 aromatic rings. The number of nitrogens with zero attached hydrogens (tertiary/aromatic N) is 4. The number of hydrogen-bond donors (Lipinski definition) is 0. The Morgan fingerprint density at radius 2 is 2.15 bits per heavy atom. The van der Waals surface area contributed by atoms with Gasteiger partial charge in [0.05, 0.1) is 0 Å². The van der Waals surface area contributed by atoms with Crippen LogP contribution in [0, 0.1) is 0 Å². The number of azide groups is 1. The molecule has 138 valence electrons. The summed E-state index contributed by atoms with van der Waals surface area (Å²) in [5, 5.41) is 3.79. The minimum absolute atomic E-state index is 0.134. The van der Waals surface area contributed by atoms with Gasteiger partial charge >= 0.3 is 5.97 Å². The number of rotatable bonds is 6. The molecule has 1 aliphatic rings. The van der Waals surface area contributed by atoms with Crippen molar-refractivity contribution in [2.75, 3.05) is 6.54 Å². The molecule has 7 nitrogen and oxygen atoms in total. The monoisotopic (exact) mass is 356 g/mol. The second-order valence-corrected chi connectivity index (χ2v) is 6.39. The van der Waals surface area contributed by atoms with Crippen molar-refractivity contribution in [1.82, 2.24) is 4.90 Å². The molecule has 2 rings (SSSR count). The third-order valence-corrected chi connectivity index (χ3v) is 4.65. The quantitative estimate of drug-likeness (QED) is 0.255. The lowest BCUT2D eigenvalue weighted by Crippen LogP contribution is -2.61. The molecule has 1 saturated heterocycles. The molecular formula is C19H24N4O3. The Hall–Kier alpha value is -2.79. The summed E-state index contributed by atoms with van der Waals surface area (Å²) in [6, 6.07) is 9.04. The molecule has 0 aliphatic carbocycles. The molecule has 1 heterocycles. The molecule has 0 aromatic heterocycles. The van der Waals surface area contributed by atoms with E-state index in [2.05, 4.69) is 10.0 Å². The van der Waals surface area contributed by atoms with E-state index in [9.17, 15) is 9.59 Å². The van der Waals surface area contributed by atoms with Crippen LogP contribution in [-0.4, -0.2) is 34.9 Å². The summed E-state index contributed by atoms with van der Waals surface area (Å²) in [6.07, 6.45) is 4.80. The number of carbonyl (C=O) groups excluding carboxylic acids is 2. The van der Waals surface area contributed by atoms with Crippen molar-refractivity contribution in [3.05, 3.63) is 58.5 Å². The number of allylic oxidation sites excluding steroid dienone is 1. The minimum atomic E-state index is -1.15. The van der Waals surface area contributed by atoms with Gasteiger partial charge in [0.25, 0.3) is 0 Å². The predicted octanol–water partition coefficient (Wildman–Crippen LogP) is 3.76. The smallest absolute Gasteiger partial charge is 0.332 e. The Labute approximate surface area is 153 Å². The zero-order chi connectivity index (χ0) is 19.0. The lowest BCUT2D eigenvalue weighted by Gasteiger charge is -2.46. The number of hydrogen-bond acceptors (Lipinski definition) is 4. The summed E-state index contributed by atoms with van der Waals surface area (Å²) in [5.74, 6) is -0.655. The Morgan fingerprint density at radius 1 is 1.42 bits per heavy atom. The van der Waals surface area contributed by atoms with E-state index in [1.807, 2.05) is 49.4 Å². The largest absolute Gasteiger partial charge is 0.459 e. The maximum Gasteiger partial charge on any atom is 0.332 e. The first-order chi connectivity index (χ1) is 12.5. The third-order valence-electron chi connectivity index (χ3n) is 4.65. The number of likely N-dealkylation sites (tertiary alicyclic amines) is 1. The van der Waals surface area contributed by atoms with Crippen LogP contribution in [0.3, 0.4) is 0 Å². The van der Waals surface area contributed by atoms with E-state index >= 15 is 0 Å². The highest BCUT2D eigenvalue weighted by Crippen LogP contribution is 2.35. The van der Waals surface area contributed by atoms with Gasteiger partial charge < -0.3 is 9.64 Å². The summed E-state index contributed by atoms with van der Waals surface area (Å²) in [7, 11) is 0. The SMILES string of the molecule is CC=CCC1(C(=O)OCc2ccccc2)CC(N=[N+]=[N-])CCN1C(C)=O. The zero-order valence-electron chi connectivity index (χ0n) is 15.2. The van der Waals surface area contributed by atoms with Crippen molar-refractivity contribution in [1.29, 1.82) is 0 Å². The summed E-state index contributed by atoms with van der Waals surface area (Å²) in [4.78, 5) is 29.7. The average molecular weight is 356 g/mol. The molecule has 0 saturated carbocycles. The van der Waals surface area contributed by atoms with Crippen LogP contribution in [0.25, 0.3) is 10.4 Å². The summed E-state index contributed by atoms with van der Waals surface area (Å²) < 4.78 is 5.57. The van der Waals surface area contributed by atoms with Crippen LogP contribution in [0.1, 0.15) is 38.7 Å². The number of piperidine rings is 1. The standard InChI is InChI=1S/C19H24N4O3/c1-3-4-11-19(18(25)26-14-16-8-6-5-7-9-16)13-17(21-22-20)10-12-23(19)15(2)24/h3-9,17H,10-14H2,1-2H3. The molecule has 1 aromatic carbocycles. The van der Waals surface area contributed by atoms with E-state index in [-0.39, 0.29) is 25.0 Å². The van der Waals surface area contributed by atoms with Crippen molar-refractivity contribution < 1.29 is 14.3 Å². The topological polar surface area (TPSA) is 95.4 Å². The maximum atomic E-state index is 13.1. The lowest BCUT2D eigenvalue weighted by atomic mass is 9.81. The highest BCUT2D eigenvalue weighted by atomic mass is 16.5. The van der Waals surface area contributed by atoms with E-state index < -0.39 is 11.5 Å². The zero-order valence-corrected chi connectivity index (χ0v) is 15.2. The van der Waals surface area contributed by atoms with Crippen LogP contribution < -0.4 is 0 Å². The van der Waals surface area contributed by atoms with Crippen molar-refractivity contribution in [3.8, 4) is 0 Å². The predicted molar refractivity (Wildman–Crippen MR) is 98.0 cm³/mol. The Morgan fingerprint density at radius 3 is 2.77 bits per heavy atom. The van der Waals surface area contributed by atoms with Gasteiger partial charge in [0.1, 0.15) is 12.1 Å². The minimum Gasteiger partial charge on any atom is -0.459 e. The fourth-order valence-electron chi connectivity index (χ4n) is 3.37. The molecular weight excluding hydrogens is 332 g/mol. The van der Waals surface area contributed by atoms with E-state index in [1.54, 1.807) is 4.90 Å². The van der Waals surface area contributed by atoms with Crippen LogP contribution in [0.2, 0.25) is 0 Å². The van der Waals surface area contributed by atoms with Crippen LogP contribution in [-0.2, 0) is 20.9 Å². The Kier molecular flexibility index (Phi) is 6.81. The van der Waals surface area contributed by atoms with E-state index in [1.165, 1.54) is 6.92 Å². The molecule has 1 aliphatic heterocycles. The molecule has 26 heavy (non-hydrogen) atoms. The fraction of sp³-hybridized carbons (Fsp3) is 0.474. The van der Waals surface area contributed by atoms with Gasteiger partial charge in [0, 0.05) is 24.4 Å². The van der Waals surface area contributed by atoms with Crippen molar-refractivity contribution in [2.24, 2.45) is 5.11 Å². The number of amides is 1. The molecule has 2 unspecified atom stereocenters. The van der Waals surface area contributed by atoms with Crippen molar-refractivity contribution in [3.63, 3.8) is 0 Å². The van der Waals surface area contributed by atoms with Crippen molar-refractivity contribution in [2.45, 2.75) is 51.3 Å². The van der Waals surface area contributed by atoms with Gasteiger partial charge in [-0.1, -0.05) is 47.6 Å². The van der Waals surface area contributed by atoms with E-state index in [0.29, 0.717) is 19.4 Å². The maximum absolute atomic E-state index is 13.1. The summed E-state index contributed by atoms with van der Waals surface area (Å²) >= 11 is 0.